The smallest absolute Gasteiger partial charge is 0.320 e. The Bertz CT molecular complexity index is 333. The molecule has 78 valence electrons. The second-order valence-corrected chi connectivity index (χ2v) is 3.24. The van der Waals surface area contributed by atoms with Crippen molar-refractivity contribution in [1.82, 2.24) is 9.78 Å². The van der Waals surface area contributed by atoms with E-state index in [1.165, 1.54) is 0 Å². The van der Waals surface area contributed by atoms with Gasteiger partial charge in [-0.25, -0.2) is 0 Å². The molecule has 0 bridgehead atoms. The van der Waals surface area contributed by atoms with Gasteiger partial charge in [-0.2, -0.15) is 5.10 Å². The summed E-state index contributed by atoms with van der Waals surface area (Å²) in [6.45, 7) is 4.62. The van der Waals surface area contributed by atoms with Gasteiger partial charge in [0.1, 0.15) is 6.04 Å². The van der Waals surface area contributed by atoms with Crippen molar-refractivity contribution in [3.8, 4) is 0 Å². The van der Waals surface area contributed by atoms with Crippen molar-refractivity contribution in [3.63, 3.8) is 0 Å². The number of nitrogens with zero attached hydrogens (tertiary/aromatic N) is 2. The van der Waals surface area contributed by atoms with Crippen molar-refractivity contribution >= 4 is 5.97 Å². The summed E-state index contributed by atoms with van der Waals surface area (Å²) < 4.78 is 1.78. The number of carbonyl (C=O) groups is 1. The average molecular weight is 197 g/mol. The largest absolute Gasteiger partial charge is 0.480 e. The quantitative estimate of drug-likeness (QED) is 0.720. The van der Waals surface area contributed by atoms with E-state index in [0.29, 0.717) is 6.42 Å². The standard InChI is InChI=1S/C9H15N3O2/c1-3-12-5-7(6(2)11-12)4-8(10)9(13)14/h5,8H,3-4,10H2,1-2H3,(H,13,14)/t8-/m1/s1. The van der Waals surface area contributed by atoms with Crippen LogP contribution < -0.4 is 5.73 Å². The molecule has 5 nitrogen and oxygen atoms in total. The summed E-state index contributed by atoms with van der Waals surface area (Å²) in [5.74, 6) is -0.978. The number of aromatic nitrogens is 2. The van der Waals surface area contributed by atoms with Crippen LogP contribution in [0.3, 0.4) is 0 Å². The van der Waals surface area contributed by atoms with Gasteiger partial charge >= 0.3 is 5.97 Å². The van der Waals surface area contributed by atoms with Crippen LogP contribution in [-0.4, -0.2) is 26.9 Å². The van der Waals surface area contributed by atoms with E-state index in [-0.39, 0.29) is 0 Å². The molecule has 1 heterocycles. The molecular weight excluding hydrogens is 182 g/mol. The van der Waals surface area contributed by atoms with Crippen LogP contribution in [0, 0.1) is 6.92 Å². The summed E-state index contributed by atoms with van der Waals surface area (Å²) in [5.41, 5.74) is 7.19. The lowest BCUT2D eigenvalue weighted by molar-refractivity contribution is -0.138. The van der Waals surface area contributed by atoms with Crippen LogP contribution in [0.2, 0.25) is 0 Å². The molecule has 0 saturated carbocycles. The fourth-order valence-electron chi connectivity index (χ4n) is 1.25. The van der Waals surface area contributed by atoms with Crippen LogP contribution in [0.15, 0.2) is 6.20 Å². The van der Waals surface area contributed by atoms with Gasteiger partial charge in [-0.3, -0.25) is 9.48 Å². The van der Waals surface area contributed by atoms with Crippen molar-refractivity contribution in [3.05, 3.63) is 17.5 Å². The van der Waals surface area contributed by atoms with Crippen LogP contribution >= 0.6 is 0 Å². The first-order valence-electron chi connectivity index (χ1n) is 4.56. The summed E-state index contributed by atoms with van der Waals surface area (Å²) >= 11 is 0. The summed E-state index contributed by atoms with van der Waals surface area (Å²) in [6.07, 6.45) is 2.18. The molecule has 0 saturated heterocycles. The monoisotopic (exact) mass is 197 g/mol. The maximum absolute atomic E-state index is 10.5. The summed E-state index contributed by atoms with van der Waals surface area (Å²) in [7, 11) is 0. The highest BCUT2D eigenvalue weighted by molar-refractivity contribution is 5.73. The molecule has 0 fully saturated rings. The van der Waals surface area contributed by atoms with Crippen LogP contribution in [0.4, 0.5) is 0 Å². The van der Waals surface area contributed by atoms with Crippen molar-refractivity contribution in [2.24, 2.45) is 5.73 Å². The van der Waals surface area contributed by atoms with E-state index < -0.39 is 12.0 Å². The lowest BCUT2D eigenvalue weighted by atomic mass is 10.1. The van der Waals surface area contributed by atoms with E-state index >= 15 is 0 Å². The Morgan fingerprint density at radius 3 is 2.86 bits per heavy atom. The van der Waals surface area contributed by atoms with Crippen LogP contribution in [0.25, 0.3) is 0 Å². The van der Waals surface area contributed by atoms with E-state index in [0.717, 1.165) is 17.8 Å². The Morgan fingerprint density at radius 2 is 2.43 bits per heavy atom. The Morgan fingerprint density at radius 1 is 1.79 bits per heavy atom. The Hall–Kier alpha value is -1.36. The fraction of sp³-hybridized carbons (Fsp3) is 0.556. The molecule has 1 aromatic rings. The Balaban J connectivity index is 2.75. The zero-order chi connectivity index (χ0) is 10.7. The second-order valence-electron chi connectivity index (χ2n) is 3.24. The third kappa shape index (κ3) is 2.32. The van der Waals surface area contributed by atoms with Gasteiger partial charge in [0.25, 0.3) is 0 Å². The first-order chi connectivity index (χ1) is 6.54. The predicted octanol–water partition coefficient (Wildman–Crippen LogP) is 0.166. The molecule has 0 unspecified atom stereocenters. The maximum atomic E-state index is 10.5. The fourth-order valence-corrected chi connectivity index (χ4v) is 1.25. The first-order valence-corrected chi connectivity index (χ1v) is 4.56. The minimum absolute atomic E-state index is 0.334. The van der Waals surface area contributed by atoms with Crippen LogP contribution in [-0.2, 0) is 17.8 Å². The number of rotatable bonds is 4. The minimum Gasteiger partial charge on any atom is -0.480 e. The van der Waals surface area contributed by atoms with Crippen LogP contribution in [0.1, 0.15) is 18.2 Å². The van der Waals surface area contributed by atoms with Gasteiger partial charge in [-0.05, 0) is 19.4 Å². The van der Waals surface area contributed by atoms with Crippen molar-refractivity contribution < 1.29 is 9.90 Å². The molecule has 0 aliphatic carbocycles. The molecule has 1 rings (SSSR count). The Labute approximate surface area is 82.5 Å². The molecule has 14 heavy (non-hydrogen) atoms. The van der Waals surface area contributed by atoms with Crippen molar-refractivity contribution in [2.75, 3.05) is 0 Å². The summed E-state index contributed by atoms with van der Waals surface area (Å²) in [4.78, 5) is 10.5. The molecule has 0 aliphatic rings. The average Bonchev–Trinajstić information content (AvgIpc) is 2.47. The molecule has 0 spiro atoms. The number of carboxylic acid groups (broad SMARTS) is 1. The number of nitrogens with two attached hydrogens (primary N) is 1. The Kier molecular flexibility index (Phi) is 3.24. The summed E-state index contributed by atoms with van der Waals surface area (Å²) in [6, 6.07) is -0.844. The van der Waals surface area contributed by atoms with Crippen molar-refractivity contribution in [2.45, 2.75) is 32.9 Å². The lowest BCUT2D eigenvalue weighted by Crippen LogP contribution is -2.32. The van der Waals surface area contributed by atoms with Gasteiger partial charge in [0.05, 0.1) is 5.69 Å². The third-order valence-corrected chi connectivity index (χ3v) is 2.13. The molecule has 5 heteroatoms. The van der Waals surface area contributed by atoms with Gasteiger partial charge in [0.15, 0.2) is 0 Å². The number of hydrogen-bond donors (Lipinski definition) is 2. The highest BCUT2D eigenvalue weighted by Crippen LogP contribution is 2.07. The zero-order valence-electron chi connectivity index (χ0n) is 8.40. The van der Waals surface area contributed by atoms with Gasteiger partial charge in [-0.1, -0.05) is 0 Å². The molecule has 0 aliphatic heterocycles. The summed E-state index contributed by atoms with van der Waals surface area (Å²) in [5, 5.41) is 12.9. The van der Waals surface area contributed by atoms with E-state index in [2.05, 4.69) is 5.10 Å². The molecule has 3 N–H and O–H groups in total. The van der Waals surface area contributed by atoms with Gasteiger partial charge in [0.2, 0.25) is 0 Å². The predicted molar refractivity (Wildman–Crippen MR) is 52.0 cm³/mol. The van der Waals surface area contributed by atoms with Gasteiger partial charge in [0, 0.05) is 19.2 Å². The highest BCUT2D eigenvalue weighted by Gasteiger charge is 2.15. The van der Waals surface area contributed by atoms with Crippen LogP contribution in [0.5, 0.6) is 0 Å². The molecular formula is C9H15N3O2. The van der Waals surface area contributed by atoms with E-state index in [1.807, 2.05) is 20.0 Å². The zero-order valence-corrected chi connectivity index (χ0v) is 8.40. The number of aryl methyl sites for hydroxylation is 2. The number of hydrogen-bond acceptors (Lipinski definition) is 3. The first kappa shape index (κ1) is 10.7. The maximum Gasteiger partial charge on any atom is 0.320 e. The SMILES string of the molecule is CCn1cc(C[C@@H](N)C(=O)O)c(C)n1. The highest BCUT2D eigenvalue weighted by atomic mass is 16.4. The molecule has 0 radical (unpaired) electrons. The molecule has 1 aromatic heterocycles. The van der Waals surface area contributed by atoms with E-state index in [1.54, 1.807) is 4.68 Å². The molecule has 0 aromatic carbocycles. The number of carboxylic acids is 1. The molecule has 1 atom stereocenters. The lowest BCUT2D eigenvalue weighted by Gasteiger charge is -2.03. The van der Waals surface area contributed by atoms with E-state index in [4.69, 9.17) is 10.8 Å². The number of aliphatic carboxylic acids is 1. The second kappa shape index (κ2) is 4.23. The van der Waals surface area contributed by atoms with Gasteiger partial charge < -0.3 is 10.8 Å². The minimum atomic E-state index is -0.978. The van der Waals surface area contributed by atoms with Gasteiger partial charge in [-0.15, -0.1) is 0 Å². The molecule has 0 amide bonds. The topological polar surface area (TPSA) is 81.1 Å². The van der Waals surface area contributed by atoms with Crippen molar-refractivity contribution in [1.29, 1.82) is 0 Å². The third-order valence-electron chi connectivity index (χ3n) is 2.13. The van der Waals surface area contributed by atoms with E-state index in [9.17, 15) is 4.79 Å². The normalized spacial score (nSPS) is 12.8.